The Morgan fingerprint density at radius 1 is 0.913 bits per heavy atom. The predicted octanol–water partition coefficient (Wildman–Crippen LogP) is 5.94. The molecule has 0 aliphatic heterocycles. The molecule has 4 rings (SSSR count). The van der Waals surface area contributed by atoms with E-state index in [0.29, 0.717) is 0 Å². The van der Waals surface area contributed by atoms with Gasteiger partial charge in [0.2, 0.25) is 0 Å². The van der Waals surface area contributed by atoms with E-state index in [1.54, 1.807) is 11.3 Å². The van der Waals surface area contributed by atoms with Gasteiger partial charge < -0.3 is 0 Å². The normalized spacial score (nSPS) is 14.7. The van der Waals surface area contributed by atoms with Gasteiger partial charge in [0, 0.05) is 16.6 Å². The highest BCUT2D eigenvalue weighted by Crippen LogP contribution is 2.44. The highest BCUT2D eigenvalue weighted by atomic mass is 35.5. The number of nitrogens with zero attached hydrogens (tertiary/aromatic N) is 1. The third-order valence-electron chi connectivity index (χ3n) is 4.02. The summed E-state index contributed by atoms with van der Waals surface area (Å²) in [5, 5.41) is 2.12. The van der Waals surface area contributed by atoms with Crippen LogP contribution < -0.4 is 0 Å². The van der Waals surface area contributed by atoms with Gasteiger partial charge in [-0.05, 0) is 58.9 Å². The van der Waals surface area contributed by atoms with Crippen molar-refractivity contribution in [3.63, 3.8) is 0 Å². The number of allylic oxidation sites excluding steroid dienone is 2. The first-order valence-electron chi connectivity index (χ1n) is 7.32. The Hall–Kier alpha value is -2.16. The van der Waals surface area contributed by atoms with Crippen LogP contribution in [0.5, 0.6) is 0 Å². The average Bonchev–Trinajstić information content (AvgIpc) is 3.16. The molecule has 0 fully saturated rings. The molecule has 1 aromatic carbocycles. The van der Waals surface area contributed by atoms with Crippen LogP contribution in [0.2, 0.25) is 0 Å². The van der Waals surface area contributed by atoms with Gasteiger partial charge in [-0.3, -0.25) is 4.98 Å². The summed E-state index contributed by atoms with van der Waals surface area (Å²) in [6.45, 7) is 2.20. The lowest BCUT2D eigenvalue weighted by atomic mass is 10.0. The smallest absolute Gasteiger partial charge is 0.0711 e. The first-order chi connectivity index (χ1) is 10.8. The minimum atomic E-state index is 0. The van der Waals surface area contributed by atoms with Crippen LogP contribution in [0.1, 0.15) is 28.6 Å². The number of thiophene rings is 1. The van der Waals surface area contributed by atoms with Crippen LogP contribution in [0.15, 0.2) is 71.7 Å². The summed E-state index contributed by atoms with van der Waals surface area (Å²) in [6, 6.07) is 19.0. The molecule has 0 saturated carbocycles. The average molecular weight is 338 g/mol. The molecule has 2 aromatic heterocycles. The van der Waals surface area contributed by atoms with E-state index in [0.717, 1.165) is 5.69 Å². The Morgan fingerprint density at radius 3 is 2.39 bits per heavy atom. The molecule has 0 unspecified atom stereocenters. The number of benzene rings is 1. The quantitative estimate of drug-likeness (QED) is 0.563. The lowest BCUT2D eigenvalue weighted by Gasteiger charge is -2.04. The van der Waals surface area contributed by atoms with Crippen LogP contribution in [0.3, 0.4) is 0 Å². The first-order valence-corrected chi connectivity index (χ1v) is 8.20. The molecule has 1 nitrogen and oxygen atoms in total. The fourth-order valence-corrected chi connectivity index (χ4v) is 3.67. The Labute approximate surface area is 146 Å². The second-order valence-electron chi connectivity index (χ2n) is 5.33. The van der Waals surface area contributed by atoms with Gasteiger partial charge in [0.15, 0.2) is 0 Å². The predicted molar refractivity (Wildman–Crippen MR) is 102 cm³/mol. The summed E-state index contributed by atoms with van der Waals surface area (Å²) in [7, 11) is 0. The standard InChI is InChI=1S/C20H15NS.ClH/c1-14-18(13-15-7-6-12-22-15)16-8-2-3-9-17(16)20(14)19-10-4-5-11-21-19;/h2-13H,1H3;1H/b18-13+;. The van der Waals surface area contributed by atoms with E-state index in [9.17, 15) is 0 Å². The van der Waals surface area contributed by atoms with E-state index in [1.165, 1.54) is 32.7 Å². The molecule has 3 heteroatoms. The van der Waals surface area contributed by atoms with E-state index in [-0.39, 0.29) is 12.4 Å². The van der Waals surface area contributed by atoms with Gasteiger partial charge >= 0.3 is 0 Å². The van der Waals surface area contributed by atoms with Gasteiger partial charge in [0.05, 0.1) is 5.69 Å². The van der Waals surface area contributed by atoms with Crippen molar-refractivity contribution in [1.82, 2.24) is 4.98 Å². The lowest BCUT2D eigenvalue weighted by molar-refractivity contribution is 1.27. The van der Waals surface area contributed by atoms with Crippen molar-refractivity contribution in [2.75, 3.05) is 0 Å². The summed E-state index contributed by atoms with van der Waals surface area (Å²) in [6.07, 6.45) is 4.15. The monoisotopic (exact) mass is 337 g/mol. The second-order valence-corrected chi connectivity index (χ2v) is 6.31. The van der Waals surface area contributed by atoms with E-state index >= 15 is 0 Å². The van der Waals surface area contributed by atoms with Gasteiger partial charge in [-0.1, -0.05) is 36.4 Å². The molecule has 1 aliphatic carbocycles. The summed E-state index contributed by atoms with van der Waals surface area (Å²) in [4.78, 5) is 5.84. The van der Waals surface area contributed by atoms with Gasteiger partial charge in [-0.15, -0.1) is 23.7 Å². The number of rotatable bonds is 2. The van der Waals surface area contributed by atoms with Crippen LogP contribution in [0.25, 0.3) is 17.2 Å². The largest absolute Gasteiger partial charge is 0.256 e. The molecule has 114 valence electrons. The van der Waals surface area contributed by atoms with Crippen LogP contribution >= 0.6 is 23.7 Å². The fourth-order valence-electron chi connectivity index (χ4n) is 3.02. The highest BCUT2D eigenvalue weighted by Gasteiger charge is 2.24. The van der Waals surface area contributed by atoms with Gasteiger partial charge in [-0.25, -0.2) is 0 Å². The number of hydrogen-bond acceptors (Lipinski definition) is 2. The van der Waals surface area contributed by atoms with Crippen molar-refractivity contribution < 1.29 is 0 Å². The zero-order chi connectivity index (χ0) is 14.9. The Kier molecular flexibility index (Phi) is 4.46. The third kappa shape index (κ3) is 2.76. The molecule has 0 amide bonds. The molecular formula is C20H16ClNS. The molecule has 0 saturated heterocycles. The molecule has 0 atom stereocenters. The lowest BCUT2D eigenvalue weighted by Crippen LogP contribution is -1.89. The zero-order valence-corrected chi connectivity index (χ0v) is 14.3. The van der Waals surface area contributed by atoms with E-state index < -0.39 is 0 Å². The SMILES string of the molecule is CC1=C(c2ccccn2)c2ccccc2/C1=C/c1cccs1.Cl. The maximum Gasteiger partial charge on any atom is 0.0711 e. The van der Waals surface area contributed by atoms with Crippen molar-refractivity contribution >= 4 is 41.0 Å². The first kappa shape index (κ1) is 15.7. The van der Waals surface area contributed by atoms with Gasteiger partial charge in [0.1, 0.15) is 0 Å². The molecule has 0 bridgehead atoms. The minimum absolute atomic E-state index is 0. The topological polar surface area (TPSA) is 12.9 Å². The number of fused-ring (bicyclic) bond motifs is 1. The molecule has 3 aromatic rings. The van der Waals surface area contributed by atoms with E-state index in [4.69, 9.17) is 0 Å². The molecule has 0 N–H and O–H groups in total. The van der Waals surface area contributed by atoms with Crippen molar-refractivity contribution in [3.8, 4) is 0 Å². The summed E-state index contributed by atoms with van der Waals surface area (Å²) >= 11 is 1.77. The molecule has 2 heterocycles. The van der Waals surface area contributed by atoms with Crippen molar-refractivity contribution in [2.45, 2.75) is 6.92 Å². The Bertz CT molecular complexity index is 877. The number of pyridine rings is 1. The highest BCUT2D eigenvalue weighted by molar-refractivity contribution is 7.10. The molecule has 1 aliphatic rings. The number of aromatic nitrogens is 1. The van der Waals surface area contributed by atoms with Gasteiger partial charge in [-0.2, -0.15) is 0 Å². The molecular weight excluding hydrogens is 322 g/mol. The van der Waals surface area contributed by atoms with Crippen molar-refractivity contribution in [2.24, 2.45) is 0 Å². The van der Waals surface area contributed by atoms with Crippen LogP contribution in [-0.2, 0) is 0 Å². The molecule has 0 spiro atoms. The van der Waals surface area contributed by atoms with Crippen molar-refractivity contribution in [3.05, 3.63) is 93.4 Å². The molecule has 23 heavy (non-hydrogen) atoms. The zero-order valence-electron chi connectivity index (χ0n) is 12.7. The van der Waals surface area contributed by atoms with Crippen molar-refractivity contribution in [1.29, 1.82) is 0 Å². The van der Waals surface area contributed by atoms with E-state index in [1.807, 2.05) is 18.3 Å². The maximum absolute atomic E-state index is 4.56. The van der Waals surface area contributed by atoms with E-state index in [2.05, 4.69) is 65.8 Å². The van der Waals surface area contributed by atoms with Gasteiger partial charge in [0.25, 0.3) is 0 Å². The summed E-state index contributed by atoms with van der Waals surface area (Å²) in [5.41, 5.74) is 7.48. The third-order valence-corrected chi connectivity index (χ3v) is 4.84. The fraction of sp³-hybridized carbons (Fsp3) is 0.0500. The number of halogens is 1. The Morgan fingerprint density at radius 2 is 1.70 bits per heavy atom. The van der Waals surface area contributed by atoms with Crippen LogP contribution in [-0.4, -0.2) is 4.98 Å². The van der Waals surface area contributed by atoms with Crippen LogP contribution in [0, 0.1) is 0 Å². The minimum Gasteiger partial charge on any atom is -0.256 e. The maximum atomic E-state index is 4.56. The van der Waals surface area contributed by atoms with Crippen LogP contribution in [0.4, 0.5) is 0 Å². The summed E-state index contributed by atoms with van der Waals surface area (Å²) in [5.74, 6) is 0. The molecule has 0 radical (unpaired) electrons. The Balaban J connectivity index is 0.00000156. The number of hydrogen-bond donors (Lipinski definition) is 0. The second kappa shape index (κ2) is 6.53. The summed E-state index contributed by atoms with van der Waals surface area (Å²) < 4.78 is 0.